The Kier molecular flexibility index (Phi) is 2.40. The number of hydrogen-bond acceptors (Lipinski definition) is 0. The van der Waals surface area contributed by atoms with Crippen LogP contribution in [0.3, 0.4) is 0 Å². The summed E-state index contributed by atoms with van der Waals surface area (Å²) in [6.45, 7) is 2.13. The van der Waals surface area contributed by atoms with Crippen LogP contribution < -0.4 is 5.46 Å². The van der Waals surface area contributed by atoms with E-state index in [2.05, 4.69) is 63.3 Å². The van der Waals surface area contributed by atoms with E-state index >= 15 is 0 Å². The third kappa shape index (κ3) is 1.72. The van der Waals surface area contributed by atoms with E-state index in [1.54, 1.807) is 0 Å². The van der Waals surface area contributed by atoms with E-state index in [-0.39, 0.29) is 0 Å². The van der Waals surface area contributed by atoms with Crippen LogP contribution in [0.2, 0.25) is 0 Å². The largest absolute Gasteiger partial charge is 0.140 e. The van der Waals surface area contributed by atoms with Crippen molar-refractivity contribution in [2.75, 3.05) is 0 Å². The number of benzene rings is 2. The fraction of sp³-hybridized carbons (Fsp3) is 0.0769. The first-order valence-electron chi connectivity index (χ1n) is 4.90. The molecule has 0 amide bonds. The molecule has 0 N–H and O–H groups in total. The number of aryl methyl sites for hydroxylation is 1. The Labute approximate surface area is 86.0 Å². The molecule has 0 aromatic heterocycles. The van der Waals surface area contributed by atoms with Crippen LogP contribution in [0.4, 0.5) is 0 Å². The molecule has 0 fully saturated rings. The van der Waals surface area contributed by atoms with Crippen molar-refractivity contribution in [2.24, 2.45) is 0 Å². The van der Waals surface area contributed by atoms with E-state index in [1.807, 2.05) is 0 Å². The van der Waals surface area contributed by atoms with Gasteiger partial charge in [0.25, 0.3) is 0 Å². The first-order valence-corrected chi connectivity index (χ1v) is 4.90. The van der Waals surface area contributed by atoms with Crippen LogP contribution in [0.15, 0.2) is 48.5 Å². The highest BCUT2D eigenvalue weighted by atomic mass is 14.0. The Morgan fingerprint density at radius 3 is 2.36 bits per heavy atom. The minimum absolute atomic E-state index is 1.30. The molecule has 0 bridgehead atoms. The summed E-state index contributed by atoms with van der Waals surface area (Å²) in [4.78, 5) is 0. The van der Waals surface area contributed by atoms with Gasteiger partial charge < -0.3 is 0 Å². The van der Waals surface area contributed by atoms with Gasteiger partial charge in [0.1, 0.15) is 7.85 Å². The van der Waals surface area contributed by atoms with Crippen molar-refractivity contribution >= 4 is 13.3 Å². The fourth-order valence-corrected chi connectivity index (χ4v) is 1.66. The monoisotopic (exact) mass is 180 g/mol. The summed E-state index contributed by atoms with van der Waals surface area (Å²) in [7, 11) is 2.15. The van der Waals surface area contributed by atoms with Gasteiger partial charge in [-0.1, -0.05) is 59.6 Å². The Morgan fingerprint density at radius 2 is 1.64 bits per heavy atom. The van der Waals surface area contributed by atoms with E-state index in [1.165, 1.54) is 22.2 Å². The zero-order valence-corrected chi connectivity index (χ0v) is 8.62. The zero-order valence-electron chi connectivity index (χ0n) is 8.62. The van der Waals surface area contributed by atoms with Gasteiger partial charge in [0.2, 0.25) is 0 Å². The summed E-state index contributed by atoms with van der Waals surface area (Å²) in [5.74, 6) is 0. The van der Waals surface area contributed by atoms with E-state index < -0.39 is 0 Å². The van der Waals surface area contributed by atoms with E-state index in [0.29, 0.717) is 0 Å². The smallest absolute Gasteiger partial charge is 0.0813 e. The maximum absolute atomic E-state index is 2.24. The lowest BCUT2D eigenvalue weighted by molar-refractivity contribution is 1.48. The van der Waals surface area contributed by atoms with Crippen molar-refractivity contribution in [2.45, 2.75) is 6.92 Å². The molecule has 68 valence electrons. The summed E-state index contributed by atoms with van der Waals surface area (Å²) in [5.41, 5.74) is 5.29. The van der Waals surface area contributed by atoms with Crippen molar-refractivity contribution < 1.29 is 0 Å². The molecule has 0 atom stereocenters. The van der Waals surface area contributed by atoms with Gasteiger partial charge in [-0.3, -0.25) is 0 Å². The highest BCUT2D eigenvalue weighted by molar-refractivity contribution is 6.35. The van der Waals surface area contributed by atoms with Crippen LogP contribution in [0.1, 0.15) is 5.56 Å². The standard InChI is InChI=1S/C13H13B/c1-10-7-8-13(14)12(9-10)11-5-3-2-4-6-11/h2-9H,14H2,1H3. The highest BCUT2D eigenvalue weighted by Crippen LogP contribution is 2.17. The summed E-state index contributed by atoms with van der Waals surface area (Å²) >= 11 is 0. The van der Waals surface area contributed by atoms with E-state index in [0.717, 1.165) is 0 Å². The molecule has 2 aromatic rings. The Balaban J connectivity index is 2.57. The SMILES string of the molecule is Bc1ccc(C)cc1-c1ccccc1. The maximum Gasteiger partial charge on any atom is 0.140 e. The predicted octanol–water partition coefficient (Wildman–Crippen LogP) is 1.92. The van der Waals surface area contributed by atoms with Crippen molar-refractivity contribution in [1.82, 2.24) is 0 Å². The summed E-state index contributed by atoms with van der Waals surface area (Å²) in [6, 6.07) is 17.1. The zero-order chi connectivity index (χ0) is 9.97. The lowest BCUT2D eigenvalue weighted by Gasteiger charge is -2.06. The lowest BCUT2D eigenvalue weighted by atomic mass is 9.86. The molecule has 0 aliphatic rings. The van der Waals surface area contributed by atoms with E-state index in [9.17, 15) is 0 Å². The van der Waals surface area contributed by atoms with Crippen molar-refractivity contribution in [3.05, 3.63) is 54.1 Å². The average molecular weight is 180 g/mol. The molecule has 0 nitrogen and oxygen atoms in total. The molecular weight excluding hydrogens is 167 g/mol. The molecular formula is C13H13B. The van der Waals surface area contributed by atoms with E-state index in [4.69, 9.17) is 0 Å². The fourth-order valence-electron chi connectivity index (χ4n) is 1.66. The van der Waals surface area contributed by atoms with Crippen LogP contribution in [0.25, 0.3) is 11.1 Å². The Bertz CT molecular complexity index is 432. The van der Waals surface area contributed by atoms with Gasteiger partial charge in [-0.15, -0.1) is 0 Å². The maximum atomic E-state index is 2.24. The number of rotatable bonds is 1. The van der Waals surface area contributed by atoms with Crippen molar-refractivity contribution in [1.29, 1.82) is 0 Å². The molecule has 0 heterocycles. The molecule has 0 saturated heterocycles. The third-order valence-corrected chi connectivity index (χ3v) is 2.48. The van der Waals surface area contributed by atoms with Gasteiger partial charge in [0, 0.05) is 0 Å². The first kappa shape index (κ1) is 9.08. The van der Waals surface area contributed by atoms with Gasteiger partial charge >= 0.3 is 0 Å². The van der Waals surface area contributed by atoms with Crippen LogP contribution >= 0.6 is 0 Å². The minimum Gasteiger partial charge on any atom is -0.0813 e. The quantitative estimate of drug-likeness (QED) is 0.588. The minimum atomic E-state index is 1.30. The van der Waals surface area contributed by atoms with Gasteiger partial charge in [-0.25, -0.2) is 0 Å². The third-order valence-electron chi connectivity index (χ3n) is 2.48. The molecule has 0 spiro atoms. The number of hydrogen-bond donors (Lipinski definition) is 0. The summed E-state index contributed by atoms with van der Waals surface area (Å²) in [6.07, 6.45) is 0. The Morgan fingerprint density at radius 1 is 0.929 bits per heavy atom. The van der Waals surface area contributed by atoms with Crippen molar-refractivity contribution in [3.63, 3.8) is 0 Å². The molecule has 0 radical (unpaired) electrons. The topological polar surface area (TPSA) is 0 Å². The second kappa shape index (κ2) is 3.71. The van der Waals surface area contributed by atoms with Gasteiger partial charge in [-0.05, 0) is 18.1 Å². The molecule has 14 heavy (non-hydrogen) atoms. The van der Waals surface area contributed by atoms with Crippen LogP contribution in [0.5, 0.6) is 0 Å². The normalized spacial score (nSPS) is 10.1. The predicted molar refractivity (Wildman–Crippen MR) is 64.8 cm³/mol. The molecule has 2 aromatic carbocycles. The molecule has 0 aliphatic carbocycles. The molecule has 0 aliphatic heterocycles. The van der Waals surface area contributed by atoms with Crippen molar-refractivity contribution in [3.8, 4) is 11.1 Å². The molecule has 0 saturated carbocycles. The summed E-state index contributed by atoms with van der Waals surface area (Å²) < 4.78 is 0. The lowest BCUT2D eigenvalue weighted by Crippen LogP contribution is -2.06. The van der Waals surface area contributed by atoms with Crippen LogP contribution in [0, 0.1) is 6.92 Å². The van der Waals surface area contributed by atoms with Gasteiger partial charge in [0.05, 0.1) is 0 Å². The second-order valence-corrected chi connectivity index (χ2v) is 3.68. The first-order chi connectivity index (χ1) is 6.77. The summed E-state index contributed by atoms with van der Waals surface area (Å²) in [5, 5.41) is 0. The van der Waals surface area contributed by atoms with Crippen LogP contribution in [-0.2, 0) is 0 Å². The Hall–Kier alpha value is -1.50. The van der Waals surface area contributed by atoms with Crippen LogP contribution in [-0.4, -0.2) is 7.85 Å². The molecule has 1 heteroatoms. The highest BCUT2D eigenvalue weighted by Gasteiger charge is 2.00. The van der Waals surface area contributed by atoms with Gasteiger partial charge in [0.15, 0.2) is 0 Å². The average Bonchev–Trinajstić information content (AvgIpc) is 2.23. The molecule has 2 rings (SSSR count). The molecule has 0 unspecified atom stereocenters. The second-order valence-electron chi connectivity index (χ2n) is 3.68. The van der Waals surface area contributed by atoms with Gasteiger partial charge in [-0.2, -0.15) is 0 Å².